The van der Waals surface area contributed by atoms with Gasteiger partial charge in [0.25, 0.3) is 0 Å². The molecule has 0 spiro atoms. The predicted octanol–water partition coefficient (Wildman–Crippen LogP) is 2.41. The molecule has 0 aromatic heterocycles. The van der Waals surface area contributed by atoms with E-state index in [2.05, 4.69) is 17.6 Å². The van der Waals surface area contributed by atoms with Crippen molar-refractivity contribution in [3.05, 3.63) is 24.3 Å². The molecule has 2 atom stereocenters. The van der Waals surface area contributed by atoms with Gasteiger partial charge >= 0.3 is 0 Å². The van der Waals surface area contributed by atoms with Crippen LogP contribution in [0, 0.1) is 5.92 Å². The molecule has 1 aliphatic rings. The summed E-state index contributed by atoms with van der Waals surface area (Å²) in [5.41, 5.74) is 0.800. The van der Waals surface area contributed by atoms with Gasteiger partial charge in [0.2, 0.25) is 5.91 Å². The number of amides is 1. The lowest BCUT2D eigenvalue weighted by atomic mass is 9.91. The number of carbonyl (C=O) groups is 1. The van der Waals surface area contributed by atoms with Crippen LogP contribution in [-0.2, 0) is 4.79 Å². The zero-order valence-corrected chi connectivity index (χ0v) is 11.6. The summed E-state index contributed by atoms with van der Waals surface area (Å²) < 4.78 is 5.43. The van der Waals surface area contributed by atoms with Gasteiger partial charge in [-0.3, -0.25) is 4.79 Å². The summed E-state index contributed by atoms with van der Waals surface area (Å²) in [7, 11) is 0. The molecule has 1 aliphatic heterocycles. The topological polar surface area (TPSA) is 50.4 Å². The third-order valence-electron chi connectivity index (χ3n) is 3.51. The molecule has 104 valence electrons. The monoisotopic (exact) mass is 262 g/mol. The maximum atomic E-state index is 12.3. The van der Waals surface area contributed by atoms with Gasteiger partial charge in [0.15, 0.2) is 0 Å². The van der Waals surface area contributed by atoms with Crippen molar-refractivity contribution in [2.24, 2.45) is 5.92 Å². The summed E-state index contributed by atoms with van der Waals surface area (Å²) in [5.74, 6) is 0.924. The van der Waals surface area contributed by atoms with Crippen molar-refractivity contribution in [2.75, 3.05) is 18.5 Å². The van der Waals surface area contributed by atoms with Crippen LogP contribution < -0.4 is 15.4 Å². The zero-order valence-electron chi connectivity index (χ0n) is 11.6. The highest BCUT2D eigenvalue weighted by Gasteiger charge is 2.27. The van der Waals surface area contributed by atoms with Crippen LogP contribution in [-0.4, -0.2) is 25.1 Å². The molecule has 19 heavy (non-hydrogen) atoms. The van der Waals surface area contributed by atoms with Crippen molar-refractivity contribution in [2.45, 2.75) is 32.7 Å². The van der Waals surface area contributed by atoms with Crippen LogP contribution in [0.5, 0.6) is 5.75 Å². The van der Waals surface area contributed by atoms with E-state index in [1.807, 2.05) is 31.2 Å². The Labute approximate surface area is 114 Å². The Morgan fingerprint density at radius 2 is 2.37 bits per heavy atom. The summed E-state index contributed by atoms with van der Waals surface area (Å²) in [4.78, 5) is 12.3. The van der Waals surface area contributed by atoms with Crippen molar-refractivity contribution in [3.8, 4) is 5.75 Å². The van der Waals surface area contributed by atoms with Crippen LogP contribution in [0.3, 0.4) is 0 Å². The van der Waals surface area contributed by atoms with E-state index in [1.165, 1.54) is 0 Å². The molecule has 1 aromatic carbocycles. The minimum absolute atomic E-state index is 0.0458. The van der Waals surface area contributed by atoms with E-state index in [0.717, 1.165) is 30.8 Å². The molecule has 1 heterocycles. The van der Waals surface area contributed by atoms with E-state index in [-0.39, 0.29) is 17.9 Å². The quantitative estimate of drug-likeness (QED) is 0.876. The third-order valence-corrected chi connectivity index (χ3v) is 3.51. The highest BCUT2D eigenvalue weighted by atomic mass is 16.5. The number of benzene rings is 1. The molecule has 0 bridgehead atoms. The first-order chi connectivity index (χ1) is 9.20. The lowest BCUT2D eigenvalue weighted by molar-refractivity contribution is -0.121. The normalized spacial score (nSPS) is 22.8. The van der Waals surface area contributed by atoms with Gasteiger partial charge < -0.3 is 15.4 Å². The maximum absolute atomic E-state index is 12.3. The van der Waals surface area contributed by atoms with Gasteiger partial charge in [-0.1, -0.05) is 6.07 Å². The summed E-state index contributed by atoms with van der Waals surface area (Å²) in [6, 6.07) is 7.78. The first kappa shape index (κ1) is 13.9. The second-order valence-corrected chi connectivity index (χ2v) is 4.94. The summed E-state index contributed by atoms with van der Waals surface area (Å²) >= 11 is 0. The fraction of sp³-hybridized carbons (Fsp3) is 0.533. The number of anilines is 1. The summed E-state index contributed by atoms with van der Waals surface area (Å²) in [6.45, 7) is 5.65. The molecule has 1 fully saturated rings. The van der Waals surface area contributed by atoms with Crippen molar-refractivity contribution < 1.29 is 9.53 Å². The van der Waals surface area contributed by atoms with Crippen LogP contribution in [0.2, 0.25) is 0 Å². The van der Waals surface area contributed by atoms with Crippen LogP contribution in [0.4, 0.5) is 5.69 Å². The molecule has 4 nitrogen and oxygen atoms in total. The molecule has 1 amide bonds. The van der Waals surface area contributed by atoms with Crippen molar-refractivity contribution in [1.82, 2.24) is 5.32 Å². The summed E-state index contributed by atoms with van der Waals surface area (Å²) in [6.07, 6.45) is 2.01. The second-order valence-electron chi connectivity index (χ2n) is 4.94. The third kappa shape index (κ3) is 3.70. The lowest BCUT2D eigenvalue weighted by Crippen LogP contribution is -2.44. The van der Waals surface area contributed by atoms with E-state index in [4.69, 9.17) is 4.74 Å². The predicted molar refractivity (Wildman–Crippen MR) is 76.4 cm³/mol. The SMILES string of the molecule is CCOc1cccc(NC(=O)C2CCCNC2C)c1. The molecule has 4 heteroatoms. The molecule has 2 unspecified atom stereocenters. The second kappa shape index (κ2) is 6.57. The van der Waals surface area contributed by atoms with E-state index in [0.29, 0.717) is 6.61 Å². The van der Waals surface area contributed by atoms with Crippen LogP contribution in [0.1, 0.15) is 26.7 Å². The number of hydrogen-bond acceptors (Lipinski definition) is 3. The smallest absolute Gasteiger partial charge is 0.229 e. The number of nitrogens with one attached hydrogen (secondary N) is 2. The Morgan fingerprint density at radius 1 is 1.53 bits per heavy atom. The van der Waals surface area contributed by atoms with Gasteiger partial charge in [-0.25, -0.2) is 0 Å². The molecule has 1 saturated heterocycles. The fourth-order valence-electron chi connectivity index (χ4n) is 2.47. The number of carbonyl (C=O) groups excluding carboxylic acids is 1. The van der Waals surface area contributed by atoms with E-state index in [1.54, 1.807) is 0 Å². The van der Waals surface area contributed by atoms with E-state index < -0.39 is 0 Å². The van der Waals surface area contributed by atoms with E-state index >= 15 is 0 Å². The van der Waals surface area contributed by atoms with Gasteiger partial charge in [-0.2, -0.15) is 0 Å². The Kier molecular flexibility index (Phi) is 4.80. The molecule has 2 N–H and O–H groups in total. The van der Waals surface area contributed by atoms with Crippen LogP contribution >= 0.6 is 0 Å². The molecule has 2 rings (SSSR count). The molecule has 0 radical (unpaired) electrons. The standard InChI is InChI=1S/C15H22N2O2/c1-3-19-13-7-4-6-12(10-13)17-15(18)14-8-5-9-16-11(14)2/h4,6-7,10-11,14,16H,3,5,8-9H2,1-2H3,(H,17,18). The van der Waals surface area contributed by atoms with Gasteiger partial charge in [-0.15, -0.1) is 0 Å². The van der Waals surface area contributed by atoms with Gasteiger partial charge in [0, 0.05) is 17.8 Å². The number of rotatable bonds is 4. The maximum Gasteiger partial charge on any atom is 0.229 e. The fourth-order valence-corrected chi connectivity index (χ4v) is 2.47. The van der Waals surface area contributed by atoms with Crippen LogP contribution in [0.25, 0.3) is 0 Å². The minimum atomic E-state index is 0.0458. The van der Waals surface area contributed by atoms with Crippen LogP contribution in [0.15, 0.2) is 24.3 Å². The zero-order chi connectivity index (χ0) is 13.7. The Bertz CT molecular complexity index is 434. The van der Waals surface area contributed by atoms with Crippen molar-refractivity contribution in [1.29, 1.82) is 0 Å². The molecule has 1 aromatic rings. The Balaban J connectivity index is 1.99. The molecule has 0 saturated carbocycles. The average Bonchev–Trinajstić information content (AvgIpc) is 2.40. The number of piperidine rings is 1. The molecular weight excluding hydrogens is 240 g/mol. The highest BCUT2D eigenvalue weighted by molar-refractivity contribution is 5.93. The largest absolute Gasteiger partial charge is 0.494 e. The van der Waals surface area contributed by atoms with E-state index in [9.17, 15) is 4.79 Å². The molecular formula is C15H22N2O2. The van der Waals surface area contributed by atoms with Crippen molar-refractivity contribution >= 4 is 11.6 Å². The Morgan fingerprint density at radius 3 is 3.11 bits per heavy atom. The van der Waals surface area contributed by atoms with Gasteiger partial charge in [-0.05, 0) is 45.4 Å². The average molecular weight is 262 g/mol. The lowest BCUT2D eigenvalue weighted by Gasteiger charge is -2.28. The number of hydrogen-bond donors (Lipinski definition) is 2. The number of ether oxygens (including phenoxy) is 1. The Hall–Kier alpha value is -1.55. The van der Waals surface area contributed by atoms with Crippen molar-refractivity contribution in [3.63, 3.8) is 0 Å². The highest BCUT2D eigenvalue weighted by Crippen LogP contribution is 2.21. The summed E-state index contributed by atoms with van der Waals surface area (Å²) in [5, 5.41) is 6.33. The van der Waals surface area contributed by atoms with Gasteiger partial charge in [0.05, 0.1) is 12.5 Å². The first-order valence-corrected chi connectivity index (χ1v) is 6.98. The molecule has 0 aliphatic carbocycles. The van der Waals surface area contributed by atoms with Gasteiger partial charge in [0.1, 0.15) is 5.75 Å². The minimum Gasteiger partial charge on any atom is -0.494 e. The first-order valence-electron chi connectivity index (χ1n) is 6.98.